The number of hydrogen-bond donors (Lipinski definition) is 0. The normalized spacial score (nSPS) is 29.6. The summed E-state index contributed by atoms with van der Waals surface area (Å²) in [7, 11) is 0. The van der Waals surface area contributed by atoms with E-state index in [1.165, 1.54) is 71.4 Å². The lowest BCUT2D eigenvalue weighted by molar-refractivity contribution is 0.0225. The van der Waals surface area contributed by atoms with Gasteiger partial charge in [0.25, 0.3) is 0 Å². The zero-order chi connectivity index (χ0) is 16.2. The highest BCUT2D eigenvalue weighted by atomic mass is 15.2. The van der Waals surface area contributed by atoms with Gasteiger partial charge in [0.1, 0.15) is 0 Å². The molecule has 2 fully saturated rings. The fourth-order valence-corrected chi connectivity index (χ4v) is 4.71. The fourth-order valence-electron chi connectivity index (χ4n) is 4.71. The zero-order valence-corrected chi connectivity index (χ0v) is 15.9. The predicted octanol–water partition coefficient (Wildman–Crippen LogP) is 4.50. The average Bonchev–Trinajstić information content (AvgIpc) is 2.50. The molecule has 2 aliphatic rings. The second-order valence-corrected chi connectivity index (χ2v) is 8.77. The topological polar surface area (TPSA) is 6.48 Å². The quantitative estimate of drug-likeness (QED) is 0.712. The maximum Gasteiger partial charge on any atom is 0.00358 e. The molecular formula is C20H40N2. The van der Waals surface area contributed by atoms with Crippen LogP contribution in [0.1, 0.15) is 66.7 Å². The van der Waals surface area contributed by atoms with Gasteiger partial charge < -0.3 is 9.80 Å². The van der Waals surface area contributed by atoms with Gasteiger partial charge in [-0.3, -0.25) is 0 Å². The van der Waals surface area contributed by atoms with Crippen molar-refractivity contribution in [3.63, 3.8) is 0 Å². The van der Waals surface area contributed by atoms with E-state index in [0.29, 0.717) is 5.41 Å². The highest BCUT2D eigenvalue weighted by molar-refractivity contribution is 4.89. The molecule has 0 radical (unpaired) electrons. The first-order valence-corrected chi connectivity index (χ1v) is 9.91. The van der Waals surface area contributed by atoms with Crippen LogP contribution in [-0.2, 0) is 0 Å². The Morgan fingerprint density at radius 2 is 1.64 bits per heavy atom. The van der Waals surface area contributed by atoms with E-state index in [4.69, 9.17) is 0 Å². The molecule has 2 aliphatic heterocycles. The maximum absolute atomic E-state index is 2.78. The first kappa shape index (κ1) is 18.3. The summed E-state index contributed by atoms with van der Waals surface area (Å²) < 4.78 is 0. The van der Waals surface area contributed by atoms with E-state index in [0.717, 1.165) is 17.8 Å². The Morgan fingerprint density at radius 3 is 2.18 bits per heavy atom. The SMILES string of the molecule is CCCN1CCC(CN2CCC(C(C)CC)CC2)C(C)(C)C1. The summed E-state index contributed by atoms with van der Waals surface area (Å²) in [5.41, 5.74) is 0.487. The van der Waals surface area contributed by atoms with Gasteiger partial charge >= 0.3 is 0 Å². The molecule has 0 bridgehead atoms. The van der Waals surface area contributed by atoms with Crippen LogP contribution in [0.2, 0.25) is 0 Å². The van der Waals surface area contributed by atoms with E-state index in [2.05, 4.69) is 44.4 Å². The predicted molar refractivity (Wildman–Crippen MR) is 97.2 cm³/mol. The Bertz CT molecular complexity index is 318. The zero-order valence-electron chi connectivity index (χ0n) is 15.9. The molecule has 0 spiro atoms. The third-order valence-corrected chi connectivity index (χ3v) is 6.63. The summed E-state index contributed by atoms with van der Waals surface area (Å²) in [4.78, 5) is 5.46. The molecule has 22 heavy (non-hydrogen) atoms. The van der Waals surface area contributed by atoms with E-state index in [1.807, 2.05) is 0 Å². The number of hydrogen-bond acceptors (Lipinski definition) is 2. The summed E-state index contributed by atoms with van der Waals surface area (Å²) in [6.45, 7) is 20.1. The van der Waals surface area contributed by atoms with Crippen LogP contribution in [0.5, 0.6) is 0 Å². The van der Waals surface area contributed by atoms with E-state index in [1.54, 1.807) is 0 Å². The van der Waals surface area contributed by atoms with Crippen molar-refractivity contribution in [2.24, 2.45) is 23.2 Å². The average molecular weight is 309 g/mol. The van der Waals surface area contributed by atoms with Crippen LogP contribution in [-0.4, -0.2) is 49.1 Å². The van der Waals surface area contributed by atoms with E-state index in [-0.39, 0.29) is 0 Å². The first-order chi connectivity index (χ1) is 10.5. The third kappa shape index (κ3) is 4.71. The molecule has 2 unspecified atom stereocenters. The summed E-state index contributed by atoms with van der Waals surface area (Å²) in [6, 6.07) is 0. The monoisotopic (exact) mass is 308 g/mol. The van der Waals surface area contributed by atoms with E-state index in [9.17, 15) is 0 Å². The molecule has 0 aromatic heterocycles. The number of nitrogens with zero attached hydrogens (tertiary/aromatic N) is 2. The highest BCUT2D eigenvalue weighted by Gasteiger charge is 2.37. The maximum atomic E-state index is 2.78. The van der Waals surface area contributed by atoms with Crippen molar-refractivity contribution in [1.29, 1.82) is 0 Å². The summed E-state index contributed by atoms with van der Waals surface area (Å²) >= 11 is 0. The van der Waals surface area contributed by atoms with Crippen molar-refractivity contribution in [1.82, 2.24) is 9.80 Å². The van der Waals surface area contributed by atoms with E-state index < -0.39 is 0 Å². The van der Waals surface area contributed by atoms with E-state index >= 15 is 0 Å². The second kappa shape index (κ2) is 8.15. The Hall–Kier alpha value is -0.0800. The standard InChI is InChI=1S/C20H40N2/c1-6-11-22-14-10-19(20(4,5)16-22)15-21-12-8-18(9-13-21)17(3)7-2/h17-19H,6-16H2,1-5H3. The molecule has 0 aromatic rings. The van der Waals surface area contributed by atoms with Crippen molar-refractivity contribution < 1.29 is 0 Å². The minimum atomic E-state index is 0.487. The summed E-state index contributed by atoms with van der Waals surface area (Å²) in [6.07, 6.45) is 6.92. The Balaban J connectivity index is 1.79. The Labute approximate surface area is 139 Å². The lowest BCUT2D eigenvalue weighted by Crippen LogP contribution is -2.50. The lowest BCUT2D eigenvalue weighted by atomic mass is 9.73. The van der Waals surface area contributed by atoms with Crippen LogP contribution in [0, 0.1) is 23.2 Å². The van der Waals surface area contributed by atoms with Crippen LogP contribution in [0.25, 0.3) is 0 Å². The molecule has 2 atom stereocenters. The van der Waals surface area contributed by atoms with Crippen LogP contribution in [0.3, 0.4) is 0 Å². The second-order valence-electron chi connectivity index (χ2n) is 8.77. The van der Waals surface area contributed by atoms with Gasteiger partial charge in [-0.2, -0.15) is 0 Å². The van der Waals surface area contributed by atoms with Gasteiger partial charge in [0.15, 0.2) is 0 Å². The molecule has 0 N–H and O–H groups in total. The van der Waals surface area contributed by atoms with Crippen LogP contribution < -0.4 is 0 Å². The minimum Gasteiger partial charge on any atom is -0.303 e. The summed E-state index contributed by atoms with van der Waals surface area (Å²) in [5, 5.41) is 0. The van der Waals surface area contributed by atoms with Crippen LogP contribution >= 0.6 is 0 Å². The van der Waals surface area contributed by atoms with Gasteiger partial charge in [0, 0.05) is 13.1 Å². The van der Waals surface area contributed by atoms with Crippen LogP contribution in [0.4, 0.5) is 0 Å². The van der Waals surface area contributed by atoms with Crippen LogP contribution in [0.15, 0.2) is 0 Å². The molecule has 0 aliphatic carbocycles. The molecular weight excluding hydrogens is 268 g/mol. The minimum absolute atomic E-state index is 0.487. The van der Waals surface area contributed by atoms with Gasteiger partial charge in [-0.1, -0.05) is 41.0 Å². The van der Waals surface area contributed by atoms with Gasteiger partial charge in [0.2, 0.25) is 0 Å². The number of likely N-dealkylation sites (tertiary alicyclic amines) is 2. The van der Waals surface area contributed by atoms with Crippen molar-refractivity contribution in [2.75, 3.05) is 39.3 Å². The van der Waals surface area contributed by atoms with Gasteiger partial charge in [0.05, 0.1) is 0 Å². The Morgan fingerprint density at radius 1 is 1.00 bits per heavy atom. The van der Waals surface area contributed by atoms with Crippen molar-refractivity contribution in [3.8, 4) is 0 Å². The van der Waals surface area contributed by atoms with Gasteiger partial charge in [-0.15, -0.1) is 0 Å². The lowest BCUT2D eigenvalue weighted by Gasteiger charge is -2.47. The molecule has 2 saturated heterocycles. The molecule has 130 valence electrons. The first-order valence-electron chi connectivity index (χ1n) is 9.91. The highest BCUT2D eigenvalue weighted by Crippen LogP contribution is 2.36. The molecule has 2 nitrogen and oxygen atoms in total. The molecule has 0 aromatic carbocycles. The molecule has 0 amide bonds. The fraction of sp³-hybridized carbons (Fsp3) is 1.00. The third-order valence-electron chi connectivity index (χ3n) is 6.63. The number of rotatable bonds is 6. The van der Waals surface area contributed by atoms with Crippen molar-refractivity contribution in [2.45, 2.75) is 66.7 Å². The molecule has 2 rings (SSSR count). The van der Waals surface area contributed by atoms with Crippen molar-refractivity contribution >= 4 is 0 Å². The van der Waals surface area contributed by atoms with Crippen molar-refractivity contribution in [3.05, 3.63) is 0 Å². The summed E-state index contributed by atoms with van der Waals surface area (Å²) in [5.74, 6) is 2.80. The largest absolute Gasteiger partial charge is 0.303 e. The number of piperidine rings is 2. The smallest absolute Gasteiger partial charge is 0.00358 e. The Kier molecular flexibility index (Phi) is 6.76. The van der Waals surface area contributed by atoms with Gasteiger partial charge in [-0.05, 0) is 75.0 Å². The molecule has 2 heteroatoms. The van der Waals surface area contributed by atoms with Gasteiger partial charge in [-0.25, -0.2) is 0 Å². The molecule has 0 saturated carbocycles. The molecule has 2 heterocycles.